The Morgan fingerprint density at radius 2 is 2.32 bits per heavy atom. The number of methoxy groups -OCH3 is 1. The number of hydrogen-bond acceptors (Lipinski definition) is 8. The van der Waals surface area contributed by atoms with Gasteiger partial charge in [-0.2, -0.15) is 0 Å². The van der Waals surface area contributed by atoms with Crippen LogP contribution in [-0.4, -0.2) is 38.9 Å². The Morgan fingerprint density at radius 1 is 1.50 bits per heavy atom. The second-order valence-electron chi connectivity index (χ2n) is 4.17. The average Bonchev–Trinajstić information content (AvgIpc) is 2.92. The molecule has 10 heteroatoms. The van der Waals surface area contributed by atoms with E-state index in [1.807, 2.05) is 6.92 Å². The van der Waals surface area contributed by atoms with Gasteiger partial charge in [0, 0.05) is 13.2 Å². The lowest BCUT2D eigenvalue weighted by Gasteiger charge is -2.03. The smallest absolute Gasteiger partial charge is 0.251 e. The highest BCUT2D eigenvalue weighted by Crippen LogP contribution is 2.17. The van der Waals surface area contributed by atoms with Crippen molar-refractivity contribution in [3.05, 3.63) is 27.1 Å². The minimum atomic E-state index is -0.276. The van der Waals surface area contributed by atoms with Crippen molar-refractivity contribution in [2.75, 3.05) is 18.2 Å². The fourth-order valence-electron chi connectivity index (χ4n) is 1.51. The van der Waals surface area contributed by atoms with Crippen molar-refractivity contribution < 1.29 is 9.53 Å². The van der Waals surface area contributed by atoms with E-state index in [-0.39, 0.29) is 23.8 Å². The van der Waals surface area contributed by atoms with Crippen molar-refractivity contribution in [3.63, 3.8) is 0 Å². The van der Waals surface area contributed by atoms with Crippen molar-refractivity contribution in [1.29, 1.82) is 0 Å². The van der Waals surface area contributed by atoms with Crippen molar-refractivity contribution >= 4 is 34.1 Å². The Hall–Kier alpha value is -1.78. The number of anilines is 1. The lowest BCUT2D eigenvalue weighted by Crippen LogP contribution is -2.16. The molecular weight excluding hydrogens is 326 g/mol. The van der Waals surface area contributed by atoms with Crippen LogP contribution in [0.2, 0.25) is 0 Å². The normalized spacial score (nSPS) is 10.6. The first-order valence-electron chi connectivity index (χ1n) is 6.45. The summed E-state index contributed by atoms with van der Waals surface area (Å²) in [6.45, 7) is 2.21. The van der Waals surface area contributed by atoms with Crippen molar-refractivity contribution in [2.45, 2.75) is 25.1 Å². The van der Waals surface area contributed by atoms with Crippen LogP contribution in [0.4, 0.5) is 5.13 Å². The Balaban J connectivity index is 1.91. The Kier molecular flexibility index (Phi) is 6.04. The fraction of sp³-hybridized carbons (Fsp3) is 0.417. The van der Waals surface area contributed by atoms with Gasteiger partial charge in [0.05, 0.1) is 18.1 Å². The molecule has 1 amide bonds. The highest BCUT2D eigenvalue weighted by Gasteiger charge is 2.09. The number of aromatic nitrogens is 4. The number of thioether (sulfide) groups is 1. The number of carbonyl (C=O) groups excluding carboxylic acids is 1. The third-order valence-corrected chi connectivity index (χ3v) is 4.28. The number of nitrogens with zero attached hydrogens (tertiary/aromatic N) is 3. The van der Waals surface area contributed by atoms with Crippen LogP contribution in [0.1, 0.15) is 17.6 Å². The highest BCUT2D eigenvalue weighted by atomic mass is 32.2. The molecule has 0 spiro atoms. The van der Waals surface area contributed by atoms with Gasteiger partial charge in [-0.1, -0.05) is 30.0 Å². The molecule has 2 aromatic rings. The zero-order valence-electron chi connectivity index (χ0n) is 12.1. The average molecular weight is 341 g/mol. The summed E-state index contributed by atoms with van der Waals surface area (Å²) in [5.41, 5.74) is 0.243. The zero-order chi connectivity index (χ0) is 15.9. The minimum absolute atomic E-state index is 0.112. The van der Waals surface area contributed by atoms with Crippen molar-refractivity contribution in [3.8, 4) is 0 Å². The molecule has 0 aliphatic rings. The largest absolute Gasteiger partial charge is 0.378 e. The molecule has 0 radical (unpaired) electrons. The van der Waals surface area contributed by atoms with E-state index in [1.165, 1.54) is 24.5 Å². The van der Waals surface area contributed by atoms with Crippen molar-refractivity contribution in [2.24, 2.45) is 0 Å². The summed E-state index contributed by atoms with van der Waals surface area (Å²) in [6.07, 6.45) is 0.778. The van der Waals surface area contributed by atoms with Crippen LogP contribution >= 0.6 is 23.1 Å². The molecule has 118 valence electrons. The van der Waals surface area contributed by atoms with Gasteiger partial charge in [0.25, 0.3) is 5.56 Å². The van der Waals surface area contributed by atoms with Gasteiger partial charge in [-0.15, -0.1) is 10.2 Å². The molecule has 0 atom stereocenters. The molecule has 2 rings (SSSR count). The van der Waals surface area contributed by atoms with Crippen LogP contribution in [0.5, 0.6) is 0 Å². The van der Waals surface area contributed by atoms with Crippen LogP contribution in [0.3, 0.4) is 0 Å². The quantitative estimate of drug-likeness (QED) is 0.572. The maximum Gasteiger partial charge on any atom is 0.251 e. The Labute approximate surface area is 134 Å². The Bertz CT molecular complexity index is 700. The first kappa shape index (κ1) is 16.6. The lowest BCUT2D eigenvalue weighted by atomic mass is 10.4. The summed E-state index contributed by atoms with van der Waals surface area (Å²) in [6, 6.07) is 1.36. The molecule has 0 saturated heterocycles. The molecule has 2 N–H and O–H groups in total. The van der Waals surface area contributed by atoms with Gasteiger partial charge >= 0.3 is 0 Å². The number of aryl methyl sites for hydroxylation is 1. The fourth-order valence-corrected chi connectivity index (χ4v) is 2.90. The van der Waals surface area contributed by atoms with Crippen LogP contribution in [-0.2, 0) is 22.6 Å². The number of rotatable bonds is 7. The molecule has 0 fully saturated rings. The predicted octanol–water partition coefficient (Wildman–Crippen LogP) is 1.06. The van der Waals surface area contributed by atoms with E-state index in [0.717, 1.165) is 23.2 Å². The summed E-state index contributed by atoms with van der Waals surface area (Å²) in [5.74, 6) is -0.121. The summed E-state index contributed by atoms with van der Waals surface area (Å²) in [5, 5.41) is 12.2. The van der Waals surface area contributed by atoms with Crippen LogP contribution in [0.25, 0.3) is 0 Å². The first-order chi connectivity index (χ1) is 10.6. The lowest BCUT2D eigenvalue weighted by molar-refractivity contribution is -0.113. The minimum Gasteiger partial charge on any atom is -0.378 e. The third kappa shape index (κ3) is 4.90. The number of aromatic amines is 1. The Morgan fingerprint density at radius 3 is 3.00 bits per heavy atom. The number of hydrogen-bond donors (Lipinski definition) is 2. The molecule has 0 aromatic carbocycles. The van der Waals surface area contributed by atoms with E-state index in [2.05, 4.69) is 25.5 Å². The van der Waals surface area contributed by atoms with Gasteiger partial charge in [0.1, 0.15) is 5.01 Å². The summed E-state index contributed by atoms with van der Waals surface area (Å²) >= 11 is 2.48. The number of nitrogens with one attached hydrogen (secondary N) is 2. The second kappa shape index (κ2) is 8.01. The maximum absolute atomic E-state index is 11.8. The number of amides is 1. The van der Waals surface area contributed by atoms with E-state index in [1.54, 1.807) is 0 Å². The number of carbonyl (C=O) groups is 1. The van der Waals surface area contributed by atoms with Crippen LogP contribution < -0.4 is 10.9 Å². The molecule has 2 heterocycles. The summed E-state index contributed by atoms with van der Waals surface area (Å²) in [4.78, 5) is 30.1. The molecule has 0 bridgehead atoms. The van der Waals surface area contributed by atoms with Gasteiger partial charge in [0.15, 0.2) is 5.16 Å². The van der Waals surface area contributed by atoms with E-state index >= 15 is 0 Å². The summed E-state index contributed by atoms with van der Waals surface area (Å²) in [7, 11) is 1.52. The molecule has 0 unspecified atom stereocenters. The van der Waals surface area contributed by atoms with E-state index in [9.17, 15) is 9.59 Å². The van der Waals surface area contributed by atoms with Gasteiger partial charge < -0.3 is 9.72 Å². The van der Waals surface area contributed by atoms with Gasteiger partial charge in [0.2, 0.25) is 11.0 Å². The SMILES string of the molecule is CCc1nnc(NC(=O)CSc2nc(COC)cc(=O)[nH]2)s1. The number of H-pyrrole nitrogens is 1. The van der Waals surface area contributed by atoms with Crippen LogP contribution in [0, 0.1) is 0 Å². The van der Waals surface area contributed by atoms with Gasteiger partial charge in [-0.05, 0) is 6.42 Å². The molecule has 8 nitrogen and oxygen atoms in total. The van der Waals surface area contributed by atoms with E-state index in [0.29, 0.717) is 16.0 Å². The highest BCUT2D eigenvalue weighted by molar-refractivity contribution is 7.99. The van der Waals surface area contributed by atoms with E-state index < -0.39 is 0 Å². The third-order valence-electron chi connectivity index (χ3n) is 2.42. The summed E-state index contributed by atoms with van der Waals surface area (Å²) < 4.78 is 4.94. The standard InChI is InChI=1S/C12H15N5O3S2/c1-3-10-16-17-12(22-10)15-9(19)6-21-11-13-7(5-20-2)4-8(18)14-11/h4H,3,5-6H2,1-2H3,(H,13,14,18)(H,15,17,19). The van der Waals surface area contributed by atoms with Gasteiger partial charge in [-0.3, -0.25) is 14.9 Å². The molecular formula is C12H15N5O3S2. The first-order valence-corrected chi connectivity index (χ1v) is 8.25. The predicted molar refractivity (Wildman–Crippen MR) is 84.2 cm³/mol. The molecule has 0 aliphatic heterocycles. The van der Waals surface area contributed by atoms with Gasteiger partial charge in [-0.25, -0.2) is 4.98 Å². The van der Waals surface area contributed by atoms with E-state index in [4.69, 9.17) is 4.74 Å². The van der Waals surface area contributed by atoms with Crippen molar-refractivity contribution in [1.82, 2.24) is 20.2 Å². The molecule has 22 heavy (non-hydrogen) atoms. The zero-order valence-corrected chi connectivity index (χ0v) is 13.7. The molecule has 0 aliphatic carbocycles. The van der Waals surface area contributed by atoms with Crippen LogP contribution in [0.15, 0.2) is 16.0 Å². The second-order valence-corrected chi connectivity index (χ2v) is 6.19. The monoisotopic (exact) mass is 341 g/mol. The maximum atomic E-state index is 11.8. The number of ether oxygens (including phenoxy) is 1. The molecule has 0 saturated carbocycles. The molecule has 2 aromatic heterocycles. The topological polar surface area (TPSA) is 110 Å².